The van der Waals surface area contributed by atoms with Crippen LogP contribution in [0.3, 0.4) is 0 Å². The number of rotatable bonds is 0. The van der Waals surface area contributed by atoms with Crippen LogP contribution < -0.4 is 0 Å². The summed E-state index contributed by atoms with van der Waals surface area (Å²) in [5.74, 6) is 0. The van der Waals surface area contributed by atoms with Crippen molar-refractivity contribution in [2.75, 3.05) is 0 Å². The zero-order valence-corrected chi connectivity index (χ0v) is 7.15. The minimum absolute atomic E-state index is 0.440. The first-order chi connectivity index (χ1) is 5.89. The third-order valence-corrected chi connectivity index (χ3v) is 1.19. The van der Waals surface area contributed by atoms with Crippen molar-refractivity contribution < 1.29 is 0 Å². The molecule has 0 spiro atoms. The van der Waals surface area contributed by atoms with E-state index in [-0.39, 0.29) is 0 Å². The Kier molecular flexibility index (Phi) is 3.87. The molecule has 2 rings (SSSR count). The molecule has 0 aliphatic carbocycles. The van der Waals surface area contributed by atoms with Crippen molar-refractivity contribution in [3.63, 3.8) is 0 Å². The van der Waals surface area contributed by atoms with Gasteiger partial charge in [0.05, 0.1) is 0 Å². The lowest BCUT2D eigenvalue weighted by Gasteiger charge is -1.69. The van der Waals surface area contributed by atoms with E-state index in [1.165, 1.54) is 0 Å². The quantitative estimate of drug-likeness (QED) is 0.598. The highest BCUT2D eigenvalue weighted by Crippen LogP contribution is 1.84. The fourth-order valence-electron chi connectivity index (χ4n) is 0.539. The highest BCUT2D eigenvalue weighted by atomic mass is 32.1. The molecule has 4 nitrogen and oxygen atoms in total. The first kappa shape index (κ1) is 8.73. The van der Waals surface area contributed by atoms with Crippen molar-refractivity contribution in [2.24, 2.45) is 0 Å². The van der Waals surface area contributed by atoms with Crippen LogP contribution in [0.15, 0.2) is 41.6 Å². The highest BCUT2D eigenvalue weighted by molar-refractivity contribution is 7.80. The number of hydrogen-bond donors (Lipinski definition) is 2. The summed E-state index contributed by atoms with van der Waals surface area (Å²) in [7, 11) is 0. The van der Waals surface area contributed by atoms with E-state index in [0.717, 1.165) is 0 Å². The molecule has 0 saturated heterocycles. The van der Waals surface area contributed by atoms with Crippen molar-refractivity contribution in [3.8, 4) is 0 Å². The van der Waals surface area contributed by atoms with E-state index in [0.29, 0.717) is 5.16 Å². The molecule has 1 aromatic carbocycles. The van der Waals surface area contributed by atoms with Crippen LogP contribution in [0.1, 0.15) is 0 Å². The minimum Gasteiger partial charge on any atom is -0.234 e. The molecule has 62 valence electrons. The van der Waals surface area contributed by atoms with Gasteiger partial charge >= 0.3 is 0 Å². The average molecular weight is 180 g/mol. The lowest BCUT2D eigenvalue weighted by Crippen LogP contribution is -1.64. The molecule has 2 aromatic rings. The van der Waals surface area contributed by atoms with Gasteiger partial charge in [-0.1, -0.05) is 36.4 Å². The zero-order valence-electron chi connectivity index (χ0n) is 6.25. The predicted molar refractivity (Wildman–Crippen MR) is 47.9 cm³/mol. The van der Waals surface area contributed by atoms with Crippen molar-refractivity contribution in [2.45, 2.75) is 5.16 Å². The summed E-state index contributed by atoms with van der Waals surface area (Å²) in [5, 5.41) is 12.6. The van der Waals surface area contributed by atoms with Crippen LogP contribution in [-0.2, 0) is 0 Å². The second-order valence-corrected chi connectivity index (χ2v) is 2.30. The molecule has 0 atom stereocenters. The van der Waals surface area contributed by atoms with E-state index in [2.05, 4.69) is 33.3 Å². The number of nitrogens with one attached hydrogen (secondary N) is 1. The Bertz CT molecular complexity index is 255. The van der Waals surface area contributed by atoms with Gasteiger partial charge in [-0.2, -0.15) is 0 Å². The van der Waals surface area contributed by atoms with Crippen LogP contribution in [-0.4, -0.2) is 20.6 Å². The highest BCUT2D eigenvalue weighted by Gasteiger charge is 1.78. The van der Waals surface area contributed by atoms with Crippen LogP contribution in [0, 0.1) is 0 Å². The van der Waals surface area contributed by atoms with Gasteiger partial charge in [-0.05, 0) is 10.4 Å². The number of aromatic nitrogens is 4. The van der Waals surface area contributed by atoms with Crippen LogP contribution in [0.4, 0.5) is 0 Å². The summed E-state index contributed by atoms with van der Waals surface area (Å²) in [4.78, 5) is 0. The summed E-state index contributed by atoms with van der Waals surface area (Å²) in [5.41, 5.74) is 0. The van der Waals surface area contributed by atoms with Gasteiger partial charge in [0.15, 0.2) is 0 Å². The minimum atomic E-state index is 0.440. The van der Waals surface area contributed by atoms with E-state index in [4.69, 9.17) is 0 Å². The molecule has 1 N–H and O–H groups in total. The fraction of sp³-hybridized carbons (Fsp3) is 0. The predicted octanol–water partition coefficient (Wildman–Crippen LogP) is 1.18. The molecule has 0 amide bonds. The molecule has 1 heterocycles. The van der Waals surface area contributed by atoms with Gasteiger partial charge in [-0.3, -0.25) is 0 Å². The summed E-state index contributed by atoms with van der Waals surface area (Å²) in [6, 6.07) is 12.0. The second-order valence-electron chi connectivity index (χ2n) is 1.88. The van der Waals surface area contributed by atoms with Gasteiger partial charge in [0.1, 0.15) is 0 Å². The smallest absolute Gasteiger partial charge is 0.203 e. The van der Waals surface area contributed by atoms with Crippen molar-refractivity contribution >= 4 is 12.6 Å². The van der Waals surface area contributed by atoms with Gasteiger partial charge in [0.2, 0.25) is 5.16 Å². The Hall–Kier alpha value is -1.36. The normalized spacial score (nSPS) is 8.42. The van der Waals surface area contributed by atoms with Crippen LogP contribution in [0.25, 0.3) is 0 Å². The summed E-state index contributed by atoms with van der Waals surface area (Å²) >= 11 is 3.74. The average Bonchev–Trinajstić information content (AvgIpc) is 2.60. The number of nitrogens with zero attached hydrogens (tertiary/aromatic N) is 3. The number of thiol groups is 1. The monoisotopic (exact) mass is 180 g/mol. The van der Waals surface area contributed by atoms with E-state index in [1.54, 1.807) is 0 Å². The maximum atomic E-state index is 3.74. The molecule has 0 aliphatic rings. The topological polar surface area (TPSA) is 54.5 Å². The molecule has 12 heavy (non-hydrogen) atoms. The number of tetrazole rings is 1. The first-order valence-electron chi connectivity index (χ1n) is 3.32. The summed E-state index contributed by atoms with van der Waals surface area (Å²) in [6.07, 6.45) is 0. The molecule has 5 heteroatoms. The third kappa shape index (κ3) is 3.72. The van der Waals surface area contributed by atoms with Crippen LogP contribution in [0.5, 0.6) is 0 Å². The molecule has 0 fully saturated rings. The fourth-order valence-corrected chi connectivity index (χ4v) is 0.624. The molecule has 0 bridgehead atoms. The van der Waals surface area contributed by atoms with E-state index < -0.39 is 0 Å². The Morgan fingerprint density at radius 1 is 1.00 bits per heavy atom. The number of aromatic amines is 1. The molecule has 0 unspecified atom stereocenters. The molecular weight excluding hydrogens is 172 g/mol. The Balaban J connectivity index is 0.000000120. The standard InChI is InChI=1S/C6H6.CH2N4S/c1-2-4-6-5-3-1;6-1-2-4-5-3-1/h1-6H;(H2,2,3,4,5,6). The number of benzene rings is 1. The maximum Gasteiger partial charge on any atom is 0.203 e. The summed E-state index contributed by atoms with van der Waals surface area (Å²) in [6.45, 7) is 0. The van der Waals surface area contributed by atoms with Crippen LogP contribution >= 0.6 is 12.6 Å². The Morgan fingerprint density at radius 2 is 1.50 bits per heavy atom. The third-order valence-electron chi connectivity index (χ3n) is 1.00. The van der Waals surface area contributed by atoms with Gasteiger partial charge in [-0.15, -0.1) is 17.7 Å². The second kappa shape index (κ2) is 5.31. The van der Waals surface area contributed by atoms with Crippen LogP contribution in [0.2, 0.25) is 0 Å². The SMILES string of the molecule is Sc1nnn[nH]1.c1ccccc1. The number of H-pyrrole nitrogens is 1. The van der Waals surface area contributed by atoms with E-state index in [9.17, 15) is 0 Å². The summed E-state index contributed by atoms with van der Waals surface area (Å²) < 4.78 is 0. The number of hydrogen-bond acceptors (Lipinski definition) is 4. The molecular formula is C7H8N4S. The first-order valence-corrected chi connectivity index (χ1v) is 3.77. The van der Waals surface area contributed by atoms with Gasteiger partial charge in [0, 0.05) is 0 Å². The largest absolute Gasteiger partial charge is 0.234 e. The van der Waals surface area contributed by atoms with Crippen molar-refractivity contribution in [1.29, 1.82) is 0 Å². The van der Waals surface area contributed by atoms with Gasteiger partial charge < -0.3 is 0 Å². The molecule has 0 aliphatic heterocycles. The molecule has 0 saturated carbocycles. The maximum absolute atomic E-state index is 3.74. The Labute approximate surface area is 75.4 Å². The lowest BCUT2D eigenvalue weighted by atomic mass is 10.4. The zero-order chi connectivity index (χ0) is 8.65. The van der Waals surface area contributed by atoms with E-state index >= 15 is 0 Å². The Morgan fingerprint density at radius 3 is 1.67 bits per heavy atom. The lowest BCUT2D eigenvalue weighted by molar-refractivity contribution is 0.881. The van der Waals surface area contributed by atoms with E-state index in [1.807, 2.05) is 36.4 Å². The molecule has 1 aromatic heterocycles. The van der Waals surface area contributed by atoms with Crippen molar-refractivity contribution in [3.05, 3.63) is 36.4 Å². The van der Waals surface area contributed by atoms with Gasteiger partial charge in [-0.25, -0.2) is 5.10 Å². The van der Waals surface area contributed by atoms with Crippen molar-refractivity contribution in [1.82, 2.24) is 20.6 Å². The van der Waals surface area contributed by atoms with Gasteiger partial charge in [0.25, 0.3) is 0 Å². The molecule has 0 radical (unpaired) electrons.